The zero-order valence-corrected chi connectivity index (χ0v) is 11.4. The van der Waals surface area contributed by atoms with Crippen LogP contribution in [-0.4, -0.2) is 25.1 Å². The third-order valence-corrected chi connectivity index (χ3v) is 3.40. The van der Waals surface area contributed by atoms with Gasteiger partial charge in [-0.2, -0.15) is 0 Å². The van der Waals surface area contributed by atoms with Gasteiger partial charge in [0.1, 0.15) is 18.0 Å². The maximum absolute atomic E-state index is 5.87. The van der Waals surface area contributed by atoms with E-state index in [0.717, 1.165) is 16.9 Å². The second-order valence-electron chi connectivity index (χ2n) is 5.27. The fourth-order valence-electron chi connectivity index (χ4n) is 2.50. The molecule has 0 bridgehead atoms. The fourth-order valence-corrected chi connectivity index (χ4v) is 2.50. The number of benzene rings is 1. The zero-order chi connectivity index (χ0) is 13.5. The number of hydrogen-bond acceptors (Lipinski definition) is 3. The van der Waals surface area contributed by atoms with Gasteiger partial charge < -0.3 is 14.2 Å². The van der Waals surface area contributed by atoms with Crippen LogP contribution >= 0.6 is 0 Å². The summed E-state index contributed by atoms with van der Waals surface area (Å²) in [6, 6.07) is 8.03. The molecular weight excluding hydrogens is 240 g/mol. The van der Waals surface area contributed by atoms with Crippen molar-refractivity contribution in [1.82, 2.24) is 0 Å². The molecule has 1 aromatic rings. The van der Waals surface area contributed by atoms with E-state index in [1.807, 2.05) is 26.0 Å². The molecule has 3 heteroatoms. The molecule has 1 heterocycles. The van der Waals surface area contributed by atoms with Gasteiger partial charge in [-0.3, -0.25) is 0 Å². The molecule has 1 saturated heterocycles. The van der Waals surface area contributed by atoms with Crippen molar-refractivity contribution in [2.45, 2.75) is 31.8 Å². The lowest BCUT2D eigenvalue weighted by Gasteiger charge is -2.16. The summed E-state index contributed by atoms with van der Waals surface area (Å²) < 4.78 is 16.8. The third-order valence-electron chi connectivity index (χ3n) is 3.40. The molecule has 1 fully saturated rings. The van der Waals surface area contributed by atoms with Gasteiger partial charge in [-0.1, -0.05) is 24.3 Å². The standard InChI is InChI=1S/C16H18O3/c1-16(2)18-14-9-6-12(10-15(14)19-16)11-4-7-13(17-3)8-5-11/h4-10,14-15H,1-3H3/t14-,15+/m0/s1. The second kappa shape index (κ2) is 4.51. The summed E-state index contributed by atoms with van der Waals surface area (Å²) in [7, 11) is 1.67. The van der Waals surface area contributed by atoms with Crippen LogP contribution in [0.5, 0.6) is 5.75 Å². The maximum Gasteiger partial charge on any atom is 0.164 e. The molecule has 1 aromatic carbocycles. The van der Waals surface area contributed by atoms with E-state index >= 15 is 0 Å². The molecule has 0 aromatic heterocycles. The van der Waals surface area contributed by atoms with Crippen LogP contribution in [0, 0.1) is 0 Å². The molecule has 2 atom stereocenters. The molecule has 19 heavy (non-hydrogen) atoms. The highest BCUT2D eigenvalue weighted by Gasteiger charge is 2.40. The Morgan fingerprint density at radius 2 is 1.74 bits per heavy atom. The van der Waals surface area contributed by atoms with Gasteiger partial charge in [0.15, 0.2) is 5.79 Å². The van der Waals surface area contributed by atoms with Crippen molar-refractivity contribution in [3.8, 4) is 5.75 Å². The highest BCUT2D eigenvalue weighted by Crippen LogP contribution is 2.35. The molecule has 1 aliphatic carbocycles. The van der Waals surface area contributed by atoms with Gasteiger partial charge in [0.2, 0.25) is 0 Å². The summed E-state index contributed by atoms with van der Waals surface area (Å²) in [4.78, 5) is 0. The number of allylic oxidation sites excluding steroid dienone is 2. The van der Waals surface area contributed by atoms with E-state index in [1.165, 1.54) is 0 Å². The number of hydrogen-bond donors (Lipinski definition) is 0. The topological polar surface area (TPSA) is 27.7 Å². The Bertz CT molecular complexity index is 525. The normalized spacial score (nSPS) is 27.8. The van der Waals surface area contributed by atoms with Gasteiger partial charge in [0, 0.05) is 0 Å². The molecule has 0 amide bonds. The zero-order valence-electron chi connectivity index (χ0n) is 11.4. The van der Waals surface area contributed by atoms with Crippen LogP contribution in [0.3, 0.4) is 0 Å². The number of methoxy groups -OCH3 is 1. The molecule has 2 aliphatic rings. The summed E-state index contributed by atoms with van der Waals surface area (Å²) in [5, 5.41) is 0. The van der Waals surface area contributed by atoms with E-state index in [9.17, 15) is 0 Å². The minimum Gasteiger partial charge on any atom is -0.497 e. The first-order valence-corrected chi connectivity index (χ1v) is 6.47. The summed E-state index contributed by atoms with van der Waals surface area (Å²) in [6.45, 7) is 3.89. The monoisotopic (exact) mass is 258 g/mol. The lowest BCUT2D eigenvalue weighted by Crippen LogP contribution is -2.20. The van der Waals surface area contributed by atoms with E-state index in [1.54, 1.807) is 7.11 Å². The molecule has 0 radical (unpaired) electrons. The van der Waals surface area contributed by atoms with Crippen molar-refractivity contribution in [2.24, 2.45) is 0 Å². The second-order valence-corrected chi connectivity index (χ2v) is 5.27. The largest absolute Gasteiger partial charge is 0.497 e. The first-order valence-electron chi connectivity index (χ1n) is 6.47. The molecule has 3 nitrogen and oxygen atoms in total. The van der Waals surface area contributed by atoms with Crippen LogP contribution in [0.2, 0.25) is 0 Å². The van der Waals surface area contributed by atoms with Crippen molar-refractivity contribution in [3.05, 3.63) is 48.1 Å². The Kier molecular flexibility index (Phi) is 2.96. The minimum absolute atomic E-state index is 0.00268. The van der Waals surface area contributed by atoms with E-state index in [4.69, 9.17) is 14.2 Å². The van der Waals surface area contributed by atoms with Crippen LogP contribution in [0.4, 0.5) is 0 Å². The molecule has 0 N–H and O–H groups in total. The van der Waals surface area contributed by atoms with Crippen LogP contribution in [0.1, 0.15) is 19.4 Å². The smallest absolute Gasteiger partial charge is 0.164 e. The van der Waals surface area contributed by atoms with E-state index in [0.29, 0.717) is 0 Å². The molecule has 100 valence electrons. The Morgan fingerprint density at radius 1 is 1.05 bits per heavy atom. The summed E-state index contributed by atoms with van der Waals surface area (Å²) in [5.74, 6) is 0.356. The van der Waals surface area contributed by atoms with Crippen molar-refractivity contribution in [2.75, 3.05) is 7.11 Å². The van der Waals surface area contributed by atoms with Gasteiger partial charge in [0.25, 0.3) is 0 Å². The SMILES string of the molecule is COc1ccc(C2=C[C@H]3OC(C)(C)O[C@H]3C=C2)cc1. The number of fused-ring (bicyclic) bond motifs is 1. The maximum atomic E-state index is 5.87. The number of rotatable bonds is 2. The predicted molar refractivity (Wildman–Crippen MR) is 73.9 cm³/mol. The highest BCUT2D eigenvalue weighted by atomic mass is 16.7. The highest BCUT2D eigenvalue weighted by molar-refractivity contribution is 5.76. The van der Waals surface area contributed by atoms with E-state index in [2.05, 4.69) is 30.4 Å². The first-order chi connectivity index (χ1) is 9.07. The van der Waals surface area contributed by atoms with E-state index in [-0.39, 0.29) is 12.2 Å². The van der Waals surface area contributed by atoms with Gasteiger partial charge in [0.05, 0.1) is 7.11 Å². The summed E-state index contributed by atoms with van der Waals surface area (Å²) in [5.41, 5.74) is 2.31. The van der Waals surface area contributed by atoms with Crippen LogP contribution in [-0.2, 0) is 9.47 Å². The van der Waals surface area contributed by atoms with Crippen molar-refractivity contribution >= 4 is 5.57 Å². The van der Waals surface area contributed by atoms with Gasteiger partial charge in [-0.25, -0.2) is 0 Å². The minimum atomic E-state index is -0.508. The molecule has 3 rings (SSSR count). The first kappa shape index (κ1) is 12.5. The van der Waals surface area contributed by atoms with Crippen LogP contribution in [0.15, 0.2) is 42.5 Å². The molecule has 1 aliphatic heterocycles. The van der Waals surface area contributed by atoms with Crippen molar-refractivity contribution < 1.29 is 14.2 Å². The van der Waals surface area contributed by atoms with Crippen LogP contribution < -0.4 is 4.74 Å². The van der Waals surface area contributed by atoms with Gasteiger partial charge in [-0.05, 0) is 43.2 Å². The van der Waals surface area contributed by atoms with Crippen molar-refractivity contribution in [3.63, 3.8) is 0 Å². The Labute approximate surface area is 113 Å². The molecular formula is C16H18O3. The Hall–Kier alpha value is -1.58. The van der Waals surface area contributed by atoms with E-state index < -0.39 is 5.79 Å². The average Bonchev–Trinajstić information content (AvgIpc) is 2.71. The lowest BCUT2D eigenvalue weighted by atomic mass is 9.97. The average molecular weight is 258 g/mol. The third kappa shape index (κ3) is 2.44. The fraction of sp³-hybridized carbons (Fsp3) is 0.375. The lowest BCUT2D eigenvalue weighted by molar-refractivity contribution is -0.138. The Morgan fingerprint density at radius 3 is 2.42 bits per heavy atom. The predicted octanol–water partition coefficient (Wildman–Crippen LogP) is 3.17. The number of ether oxygens (including phenoxy) is 3. The molecule has 0 unspecified atom stereocenters. The Balaban J connectivity index is 1.84. The van der Waals surface area contributed by atoms with Crippen molar-refractivity contribution in [1.29, 1.82) is 0 Å². The van der Waals surface area contributed by atoms with Gasteiger partial charge in [-0.15, -0.1) is 0 Å². The van der Waals surface area contributed by atoms with Gasteiger partial charge >= 0.3 is 0 Å². The van der Waals surface area contributed by atoms with Crippen LogP contribution in [0.25, 0.3) is 5.57 Å². The summed E-state index contributed by atoms with van der Waals surface area (Å²) >= 11 is 0. The quantitative estimate of drug-likeness (QED) is 0.815. The molecule has 0 saturated carbocycles. The molecule has 0 spiro atoms. The summed E-state index contributed by atoms with van der Waals surface area (Å²) in [6.07, 6.45) is 6.31.